The SMILES string of the molecule is COCCNC(=O)Cn1c(C(C)Cl)nc2ccc(F)cc21. The summed E-state index contributed by atoms with van der Waals surface area (Å²) in [6.07, 6.45) is 0. The largest absolute Gasteiger partial charge is 0.383 e. The molecule has 0 saturated carbocycles. The van der Waals surface area contributed by atoms with Crippen LogP contribution in [0, 0.1) is 5.82 Å². The van der Waals surface area contributed by atoms with E-state index < -0.39 is 0 Å². The average Bonchev–Trinajstić information content (AvgIpc) is 2.77. The van der Waals surface area contributed by atoms with Crippen molar-refractivity contribution in [3.63, 3.8) is 0 Å². The van der Waals surface area contributed by atoms with E-state index in [4.69, 9.17) is 16.3 Å². The zero-order valence-corrected chi connectivity index (χ0v) is 12.7. The third-order valence-electron chi connectivity index (χ3n) is 3.03. The number of imidazole rings is 1. The van der Waals surface area contributed by atoms with Crippen molar-refractivity contribution in [2.45, 2.75) is 18.8 Å². The molecular weight excluding hydrogens is 297 g/mol. The molecule has 21 heavy (non-hydrogen) atoms. The van der Waals surface area contributed by atoms with Crippen molar-refractivity contribution in [2.75, 3.05) is 20.3 Å². The van der Waals surface area contributed by atoms with Crippen molar-refractivity contribution in [1.29, 1.82) is 0 Å². The lowest BCUT2D eigenvalue weighted by Gasteiger charge is -2.11. The van der Waals surface area contributed by atoms with Crippen LogP contribution >= 0.6 is 11.6 Å². The monoisotopic (exact) mass is 313 g/mol. The highest BCUT2D eigenvalue weighted by molar-refractivity contribution is 6.20. The fourth-order valence-corrected chi connectivity index (χ4v) is 2.24. The topological polar surface area (TPSA) is 56.1 Å². The summed E-state index contributed by atoms with van der Waals surface area (Å²) in [5.41, 5.74) is 1.17. The molecule has 0 fully saturated rings. The molecule has 114 valence electrons. The number of nitrogens with zero attached hydrogens (tertiary/aromatic N) is 2. The number of methoxy groups -OCH3 is 1. The summed E-state index contributed by atoms with van der Waals surface area (Å²) in [7, 11) is 1.56. The summed E-state index contributed by atoms with van der Waals surface area (Å²) in [5.74, 6) is -0.0365. The lowest BCUT2D eigenvalue weighted by Crippen LogP contribution is -2.30. The number of halogens is 2. The number of hydrogen-bond acceptors (Lipinski definition) is 3. The highest BCUT2D eigenvalue weighted by Gasteiger charge is 2.17. The van der Waals surface area contributed by atoms with E-state index in [9.17, 15) is 9.18 Å². The molecule has 0 bridgehead atoms. The van der Waals surface area contributed by atoms with E-state index >= 15 is 0 Å². The predicted molar refractivity (Wildman–Crippen MR) is 78.8 cm³/mol. The van der Waals surface area contributed by atoms with Gasteiger partial charge in [-0.1, -0.05) is 0 Å². The first-order chi connectivity index (χ1) is 10.0. The Kier molecular flexibility index (Phi) is 5.14. The number of carbonyl (C=O) groups is 1. The Bertz CT molecular complexity index is 642. The second-order valence-corrected chi connectivity index (χ2v) is 5.30. The molecule has 1 amide bonds. The first kappa shape index (κ1) is 15.7. The zero-order valence-electron chi connectivity index (χ0n) is 11.9. The van der Waals surface area contributed by atoms with Crippen molar-refractivity contribution in [3.05, 3.63) is 29.8 Å². The van der Waals surface area contributed by atoms with E-state index in [0.717, 1.165) is 0 Å². The van der Waals surface area contributed by atoms with Gasteiger partial charge < -0.3 is 14.6 Å². The van der Waals surface area contributed by atoms with Gasteiger partial charge in [-0.25, -0.2) is 9.37 Å². The molecule has 7 heteroatoms. The van der Waals surface area contributed by atoms with Crippen LogP contribution in [0.5, 0.6) is 0 Å². The van der Waals surface area contributed by atoms with Crippen LogP contribution in [-0.2, 0) is 16.1 Å². The van der Waals surface area contributed by atoms with Gasteiger partial charge in [0.05, 0.1) is 23.0 Å². The summed E-state index contributed by atoms with van der Waals surface area (Å²) < 4.78 is 19.9. The summed E-state index contributed by atoms with van der Waals surface area (Å²) in [6, 6.07) is 4.27. The van der Waals surface area contributed by atoms with Crippen molar-refractivity contribution in [2.24, 2.45) is 0 Å². The first-order valence-electron chi connectivity index (χ1n) is 6.58. The number of alkyl halides is 1. The van der Waals surface area contributed by atoms with Crippen LogP contribution in [-0.4, -0.2) is 35.7 Å². The second-order valence-electron chi connectivity index (χ2n) is 4.65. The van der Waals surface area contributed by atoms with Crippen LogP contribution < -0.4 is 5.32 Å². The molecule has 0 saturated heterocycles. The third kappa shape index (κ3) is 3.71. The fraction of sp³-hybridized carbons (Fsp3) is 0.429. The Morgan fingerprint density at radius 1 is 1.57 bits per heavy atom. The summed E-state index contributed by atoms with van der Waals surface area (Å²) in [6.45, 7) is 2.65. The normalized spacial score (nSPS) is 12.6. The summed E-state index contributed by atoms with van der Waals surface area (Å²) >= 11 is 6.10. The fourth-order valence-electron chi connectivity index (χ4n) is 2.08. The van der Waals surface area contributed by atoms with Gasteiger partial charge in [0.2, 0.25) is 5.91 Å². The van der Waals surface area contributed by atoms with Crippen LogP contribution in [0.1, 0.15) is 18.1 Å². The van der Waals surface area contributed by atoms with Crippen molar-refractivity contribution in [1.82, 2.24) is 14.9 Å². The average molecular weight is 314 g/mol. The van der Waals surface area contributed by atoms with E-state index in [1.807, 2.05) is 0 Å². The number of benzene rings is 1. The molecule has 5 nitrogen and oxygen atoms in total. The molecule has 1 atom stereocenters. The third-order valence-corrected chi connectivity index (χ3v) is 3.22. The molecule has 2 rings (SSSR count). The Hall–Kier alpha value is -1.66. The maximum absolute atomic E-state index is 13.4. The van der Waals surface area contributed by atoms with Gasteiger partial charge >= 0.3 is 0 Å². The second kappa shape index (κ2) is 6.87. The molecule has 0 aliphatic rings. The van der Waals surface area contributed by atoms with Gasteiger partial charge in [-0.2, -0.15) is 0 Å². The molecule has 0 radical (unpaired) electrons. The van der Waals surface area contributed by atoms with E-state index in [0.29, 0.717) is 30.0 Å². The Balaban J connectivity index is 2.29. The Morgan fingerprint density at radius 2 is 2.33 bits per heavy atom. The number of nitrogens with one attached hydrogen (secondary N) is 1. The van der Waals surface area contributed by atoms with Crippen LogP contribution in [0.25, 0.3) is 11.0 Å². The lowest BCUT2D eigenvalue weighted by atomic mass is 10.3. The molecule has 2 aromatic rings. The van der Waals surface area contributed by atoms with Gasteiger partial charge in [0.25, 0.3) is 0 Å². The van der Waals surface area contributed by atoms with Gasteiger partial charge in [0.1, 0.15) is 18.2 Å². The Labute approximate surface area is 127 Å². The predicted octanol–water partition coefficient (Wildman–Crippen LogP) is 2.24. The molecule has 0 aliphatic heterocycles. The van der Waals surface area contributed by atoms with Crippen LogP contribution in [0.15, 0.2) is 18.2 Å². The highest BCUT2D eigenvalue weighted by atomic mass is 35.5. The molecule has 0 spiro atoms. The van der Waals surface area contributed by atoms with E-state index in [2.05, 4.69) is 10.3 Å². The molecular formula is C14H17ClFN3O2. The number of hydrogen-bond donors (Lipinski definition) is 1. The van der Waals surface area contributed by atoms with Crippen molar-refractivity contribution < 1.29 is 13.9 Å². The van der Waals surface area contributed by atoms with Crippen LogP contribution in [0.2, 0.25) is 0 Å². The highest BCUT2D eigenvalue weighted by Crippen LogP contribution is 2.25. The van der Waals surface area contributed by atoms with Gasteiger partial charge in [-0.15, -0.1) is 11.6 Å². The van der Waals surface area contributed by atoms with E-state index in [1.165, 1.54) is 12.1 Å². The van der Waals surface area contributed by atoms with Crippen molar-refractivity contribution in [3.8, 4) is 0 Å². The molecule has 1 heterocycles. The number of rotatable bonds is 6. The van der Waals surface area contributed by atoms with Gasteiger partial charge in [0.15, 0.2) is 0 Å². The minimum atomic E-state index is -0.382. The number of aromatic nitrogens is 2. The lowest BCUT2D eigenvalue weighted by molar-refractivity contribution is -0.121. The maximum Gasteiger partial charge on any atom is 0.240 e. The van der Waals surface area contributed by atoms with Gasteiger partial charge in [0, 0.05) is 13.7 Å². The van der Waals surface area contributed by atoms with Crippen molar-refractivity contribution >= 4 is 28.5 Å². The van der Waals surface area contributed by atoms with E-state index in [1.54, 1.807) is 24.7 Å². The zero-order chi connectivity index (χ0) is 15.4. The number of fused-ring (bicyclic) bond motifs is 1. The van der Waals surface area contributed by atoms with Crippen LogP contribution in [0.3, 0.4) is 0 Å². The number of amides is 1. The minimum absolute atomic E-state index is 0.0378. The number of ether oxygens (including phenoxy) is 1. The van der Waals surface area contributed by atoms with E-state index in [-0.39, 0.29) is 23.6 Å². The first-order valence-corrected chi connectivity index (χ1v) is 7.02. The molecule has 1 N–H and O–H groups in total. The van der Waals surface area contributed by atoms with Crippen LogP contribution in [0.4, 0.5) is 4.39 Å². The quantitative estimate of drug-likeness (QED) is 0.657. The standard InChI is InChI=1S/C14H17ClFN3O2/c1-9(15)14-18-11-4-3-10(16)7-12(11)19(14)8-13(20)17-5-6-21-2/h3-4,7,9H,5-6,8H2,1-2H3,(H,17,20). The number of carbonyl (C=O) groups excluding carboxylic acids is 1. The van der Waals surface area contributed by atoms with Gasteiger partial charge in [-0.05, 0) is 25.1 Å². The Morgan fingerprint density at radius 3 is 3.00 bits per heavy atom. The maximum atomic E-state index is 13.4. The molecule has 0 aliphatic carbocycles. The molecule has 1 aromatic heterocycles. The summed E-state index contributed by atoms with van der Waals surface area (Å²) in [4.78, 5) is 16.3. The molecule has 1 aromatic carbocycles. The van der Waals surface area contributed by atoms with Gasteiger partial charge in [-0.3, -0.25) is 4.79 Å². The smallest absolute Gasteiger partial charge is 0.240 e. The summed E-state index contributed by atoms with van der Waals surface area (Å²) in [5, 5.41) is 2.34. The molecule has 1 unspecified atom stereocenters. The minimum Gasteiger partial charge on any atom is -0.383 e.